The van der Waals surface area contributed by atoms with Crippen LogP contribution in [0.1, 0.15) is 20.8 Å². The topological polar surface area (TPSA) is 38.8 Å². The van der Waals surface area contributed by atoms with Gasteiger partial charge in [-0.2, -0.15) is 0 Å². The number of rotatable bonds is 0. The summed E-state index contributed by atoms with van der Waals surface area (Å²) in [4.78, 5) is 13.2. The summed E-state index contributed by atoms with van der Waals surface area (Å²) >= 11 is 4.15. The molecule has 5 heteroatoms. The maximum atomic E-state index is 11.6. The first-order chi connectivity index (χ1) is 6.38. The fraction of sp³-hybridized carbons (Fsp3) is 0.889. The highest BCUT2D eigenvalue weighted by Crippen LogP contribution is 2.13. The Morgan fingerprint density at radius 2 is 2.21 bits per heavy atom. The van der Waals surface area contributed by atoms with Gasteiger partial charge in [-0.15, -0.1) is 12.6 Å². The van der Waals surface area contributed by atoms with Crippen LogP contribution in [0.2, 0.25) is 0 Å². The molecule has 4 nitrogen and oxygen atoms in total. The average molecular weight is 219 g/mol. The maximum absolute atomic E-state index is 11.6. The Morgan fingerprint density at radius 1 is 1.57 bits per heavy atom. The highest BCUT2D eigenvalue weighted by Gasteiger charge is 2.26. The van der Waals surface area contributed by atoms with Gasteiger partial charge in [-0.1, -0.05) is 0 Å². The van der Waals surface area contributed by atoms with E-state index in [1.807, 2.05) is 20.8 Å². The summed E-state index contributed by atoms with van der Waals surface area (Å²) in [6.45, 7) is 7.13. The third-order valence-corrected chi connectivity index (χ3v) is 2.01. The Kier molecular flexibility index (Phi) is 3.66. The quantitative estimate of drug-likeness (QED) is 0.628. The van der Waals surface area contributed by atoms with Gasteiger partial charge in [0.2, 0.25) is 0 Å². The molecule has 1 aliphatic heterocycles. The minimum Gasteiger partial charge on any atom is -0.444 e. The Bertz CT molecular complexity index is 215. The Balaban J connectivity index is 2.44. The highest BCUT2D eigenvalue weighted by atomic mass is 32.1. The van der Waals surface area contributed by atoms with E-state index in [9.17, 15) is 4.79 Å². The summed E-state index contributed by atoms with van der Waals surface area (Å²) in [6.07, 6.45) is -0.292. The van der Waals surface area contributed by atoms with Gasteiger partial charge in [-0.05, 0) is 20.8 Å². The molecule has 1 aliphatic rings. The normalized spacial score (nSPS) is 23.4. The second-order valence-electron chi connectivity index (χ2n) is 4.25. The fourth-order valence-electron chi connectivity index (χ4n) is 1.12. The van der Waals surface area contributed by atoms with Crippen molar-refractivity contribution < 1.29 is 14.3 Å². The number of nitrogens with zero attached hydrogens (tertiary/aromatic N) is 1. The van der Waals surface area contributed by atoms with Gasteiger partial charge in [0.15, 0.2) is 0 Å². The first kappa shape index (κ1) is 11.7. The van der Waals surface area contributed by atoms with Crippen LogP contribution < -0.4 is 0 Å². The van der Waals surface area contributed by atoms with Crippen LogP contribution >= 0.6 is 12.6 Å². The van der Waals surface area contributed by atoms with Crippen LogP contribution in [-0.2, 0) is 9.47 Å². The van der Waals surface area contributed by atoms with E-state index in [0.717, 1.165) is 0 Å². The maximum Gasteiger partial charge on any atom is 0.410 e. The SMILES string of the molecule is CC(C)(C)OC(=O)N1CCOC(S)C1. The van der Waals surface area contributed by atoms with Gasteiger partial charge in [-0.25, -0.2) is 4.79 Å². The van der Waals surface area contributed by atoms with E-state index in [1.165, 1.54) is 0 Å². The number of thiol groups is 1. The van der Waals surface area contributed by atoms with Gasteiger partial charge in [0.05, 0.1) is 13.2 Å². The molecule has 0 aromatic carbocycles. The lowest BCUT2D eigenvalue weighted by Gasteiger charge is -2.32. The number of ether oxygens (including phenoxy) is 2. The number of carbonyl (C=O) groups excluding carboxylic acids is 1. The van der Waals surface area contributed by atoms with Gasteiger partial charge in [0.25, 0.3) is 0 Å². The van der Waals surface area contributed by atoms with E-state index < -0.39 is 5.60 Å². The van der Waals surface area contributed by atoms with Gasteiger partial charge < -0.3 is 14.4 Å². The molecule has 14 heavy (non-hydrogen) atoms. The molecule has 0 aromatic heterocycles. The molecule has 1 saturated heterocycles. The Morgan fingerprint density at radius 3 is 2.71 bits per heavy atom. The lowest BCUT2D eigenvalue weighted by atomic mass is 10.2. The molecule has 0 bridgehead atoms. The first-order valence-electron chi connectivity index (χ1n) is 4.66. The summed E-state index contributed by atoms with van der Waals surface area (Å²) < 4.78 is 10.4. The van der Waals surface area contributed by atoms with E-state index >= 15 is 0 Å². The third kappa shape index (κ3) is 3.75. The van der Waals surface area contributed by atoms with Crippen molar-refractivity contribution >= 4 is 18.7 Å². The molecular weight excluding hydrogens is 202 g/mol. The summed E-state index contributed by atoms with van der Waals surface area (Å²) in [5, 5.41) is 0. The second-order valence-corrected chi connectivity index (χ2v) is 4.83. The van der Waals surface area contributed by atoms with E-state index in [0.29, 0.717) is 19.7 Å². The third-order valence-electron chi connectivity index (χ3n) is 1.70. The van der Waals surface area contributed by atoms with Crippen molar-refractivity contribution in [1.29, 1.82) is 0 Å². The Hall–Kier alpha value is -0.420. The summed E-state index contributed by atoms with van der Waals surface area (Å²) in [5.74, 6) is 0. The van der Waals surface area contributed by atoms with Crippen LogP contribution in [0.4, 0.5) is 4.79 Å². The molecule has 0 saturated carbocycles. The van der Waals surface area contributed by atoms with E-state index in [4.69, 9.17) is 9.47 Å². The Labute approximate surface area is 90.0 Å². The fourth-order valence-corrected chi connectivity index (χ4v) is 1.43. The van der Waals surface area contributed by atoms with Crippen LogP contribution in [-0.4, -0.2) is 41.7 Å². The zero-order chi connectivity index (χ0) is 10.8. The number of hydrogen-bond donors (Lipinski definition) is 1. The molecular formula is C9H17NO3S. The zero-order valence-corrected chi connectivity index (χ0v) is 9.71. The summed E-state index contributed by atoms with van der Waals surface area (Å²) in [5.41, 5.74) is -0.641. The van der Waals surface area contributed by atoms with Crippen LogP contribution in [0.15, 0.2) is 0 Å². The van der Waals surface area contributed by atoms with Gasteiger partial charge >= 0.3 is 6.09 Å². The predicted molar refractivity (Wildman–Crippen MR) is 56.5 cm³/mol. The number of carbonyl (C=O) groups is 1. The van der Waals surface area contributed by atoms with E-state index in [1.54, 1.807) is 4.90 Å². The van der Waals surface area contributed by atoms with Crippen molar-refractivity contribution in [3.05, 3.63) is 0 Å². The lowest BCUT2D eigenvalue weighted by Crippen LogP contribution is -2.45. The highest BCUT2D eigenvalue weighted by molar-refractivity contribution is 7.80. The molecule has 0 N–H and O–H groups in total. The molecule has 1 unspecified atom stereocenters. The smallest absolute Gasteiger partial charge is 0.410 e. The van der Waals surface area contributed by atoms with Crippen LogP contribution in [0, 0.1) is 0 Å². The molecule has 1 atom stereocenters. The number of morpholine rings is 1. The van der Waals surface area contributed by atoms with Crippen molar-refractivity contribution in [3.8, 4) is 0 Å². The van der Waals surface area contributed by atoms with Crippen molar-refractivity contribution in [1.82, 2.24) is 4.90 Å². The van der Waals surface area contributed by atoms with Crippen molar-refractivity contribution in [2.75, 3.05) is 19.7 Å². The molecule has 1 heterocycles. The standard InChI is InChI=1S/C9H17NO3S/c1-9(2,3)13-8(11)10-4-5-12-7(14)6-10/h7,14H,4-6H2,1-3H3. The van der Waals surface area contributed by atoms with Crippen molar-refractivity contribution in [2.24, 2.45) is 0 Å². The molecule has 1 amide bonds. The van der Waals surface area contributed by atoms with Crippen molar-refractivity contribution in [2.45, 2.75) is 31.8 Å². The zero-order valence-electron chi connectivity index (χ0n) is 8.82. The first-order valence-corrected chi connectivity index (χ1v) is 5.18. The largest absolute Gasteiger partial charge is 0.444 e. The van der Waals surface area contributed by atoms with Gasteiger partial charge in [-0.3, -0.25) is 0 Å². The van der Waals surface area contributed by atoms with Crippen LogP contribution in [0.25, 0.3) is 0 Å². The van der Waals surface area contributed by atoms with Crippen molar-refractivity contribution in [3.63, 3.8) is 0 Å². The molecule has 82 valence electrons. The molecule has 0 aromatic rings. The molecule has 0 aliphatic carbocycles. The lowest BCUT2D eigenvalue weighted by molar-refractivity contribution is -0.0147. The number of amides is 1. The predicted octanol–water partition coefficient (Wildman–Crippen LogP) is 1.51. The van der Waals surface area contributed by atoms with Gasteiger partial charge in [0.1, 0.15) is 11.0 Å². The average Bonchev–Trinajstić information content (AvgIpc) is 2.01. The van der Waals surface area contributed by atoms with E-state index in [2.05, 4.69) is 12.6 Å². The van der Waals surface area contributed by atoms with Gasteiger partial charge in [0, 0.05) is 6.54 Å². The summed E-state index contributed by atoms with van der Waals surface area (Å²) in [6, 6.07) is 0. The molecule has 1 rings (SSSR count). The van der Waals surface area contributed by atoms with Crippen LogP contribution in [0.5, 0.6) is 0 Å². The molecule has 0 radical (unpaired) electrons. The second kappa shape index (κ2) is 4.40. The molecule has 1 fully saturated rings. The molecule has 0 spiro atoms. The number of hydrogen-bond acceptors (Lipinski definition) is 4. The van der Waals surface area contributed by atoms with E-state index in [-0.39, 0.29) is 11.5 Å². The summed E-state index contributed by atoms with van der Waals surface area (Å²) in [7, 11) is 0. The van der Waals surface area contributed by atoms with Crippen LogP contribution in [0.3, 0.4) is 0 Å². The minimum absolute atomic E-state index is 0.198. The monoisotopic (exact) mass is 219 g/mol. The minimum atomic E-state index is -0.443.